The van der Waals surface area contributed by atoms with Gasteiger partial charge in [-0.2, -0.15) is 9.83 Å². The summed E-state index contributed by atoms with van der Waals surface area (Å²) in [6, 6.07) is 13.9. The molecule has 0 atom stereocenters. The fraction of sp³-hybridized carbons (Fsp3) is 0.111. The smallest absolute Gasteiger partial charge is 0.344 e. The number of para-hydroxylation sites is 1. The number of rotatable bonds is 5. The molecule has 0 unspecified atom stereocenters. The minimum absolute atomic E-state index is 0. The van der Waals surface area contributed by atoms with Crippen LogP contribution in [-0.2, 0) is 9.53 Å². The lowest BCUT2D eigenvalue weighted by atomic mass is 10.2. The van der Waals surface area contributed by atoms with E-state index in [1.165, 1.54) is 10.8 Å². The molecule has 0 fully saturated rings. The zero-order valence-corrected chi connectivity index (χ0v) is 14.2. The Labute approximate surface area is 151 Å². The molecule has 1 amide bonds. The van der Waals surface area contributed by atoms with Crippen molar-refractivity contribution in [3.63, 3.8) is 0 Å². The molecular weight excluding hydrogens is 342 g/mol. The van der Waals surface area contributed by atoms with Gasteiger partial charge in [-0.15, -0.1) is 0 Å². The Balaban J connectivity index is 0.00000312. The van der Waals surface area contributed by atoms with E-state index in [9.17, 15) is 9.59 Å². The number of pyridine rings is 1. The molecule has 1 aromatic heterocycles. The summed E-state index contributed by atoms with van der Waals surface area (Å²) in [5, 5.41) is 11.7. The lowest BCUT2D eigenvalue weighted by Crippen LogP contribution is -3.00. The number of nitrogens with zero attached hydrogens (tertiary/aromatic N) is 2. The Morgan fingerprint density at radius 2 is 1.96 bits per heavy atom. The number of aromatic nitrogens is 1. The second kappa shape index (κ2) is 9.85. The van der Waals surface area contributed by atoms with E-state index < -0.39 is 11.9 Å². The molecule has 128 valence electrons. The average molecular weight is 358 g/mol. The van der Waals surface area contributed by atoms with Crippen LogP contribution in [0.3, 0.4) is 0 Å². The van der Waals surface area contributed by atoms with Gasteiger partial charge >= 0.3 is 11.9 Å². The van der Waals surface area contributed by atoms with Gasteiger partial charge in [-0.3, -0.25) is 4.79 Å². The lowest BCUT2D eigenvalue weighted by Gasteiger charge is -2.05. The Hall–Kier alpha value is -3.17. The van der Waals surface area contributed by atoms with Crippen LogP contribution in [0.1, 0.15) is 17.3 Å². The quantitative estimate of drug-likeness (QED) is 0.327. The molecule has 7 heteroatoms. The zero-order valence-electron chi connectivity index (χ0n) is 13.5. The summed E-state index contributed by atoms with van der Waals surface area (Å²) in [4.78, 5) is 24.3. The van der Waals surface area contributed by atoms with Crippen molar-refractivity contribution in [1.29, 1.82) is 5.26 Å². The number of carbonyl (C=O) groups excluding carboxylic acids is 2. The Morgan fingerprint density at radius 1 is 1.24 bits per heavy atom. The van der Waals surface area contributed by atoms with E-state index in [4.69, 9.17) is 10.00 Å². The number of anilines is 1. The molecule has 0 aliphatic heterocycles. The number of amides is 1. The topological polar surface area (TPSA) is 83.1 Å². The Morgan fingerprint density at radius 3 is 2.60 bits per heavy atom. The molecule has 0 radical (unpaired) electrons. The van der Waals surface area contributed by atoms with Gasteiger partial charge in [-0.05, 0) is 25.1 Å². The van der Waals surface area contributed by atoms with Crippen LogP contribution in [0.15, 0.2) is 60.9 Å². The highest BCUT2D eigenvalue weighted by atomic mass is 35.5. The summed E-state index contributed by atoms with van der Waals surface area (Å²) in [7, 11) is 0. The van der Waals surface area contributed by atoms with Crippen LogP contribution in [0.25, 0.3) is 5.70 Å². The normalized spacial score (nSPS) is 10.2. The molecule has 0 saturated carbocycles. The second-order valence-corrected chi connectivity index (χ2v) is 4.70. The van der Waals surface area contributed by atoms with Crippen LogP contribution in [-0.4, -0.2) is 18.5 Å². The highest BCUT2D eigenvalue weighted by molar-refractivity contribution is 6.17. The molecule has 1 heterocycles. The third-order valence-electron chi connectivity index (χ3n) is 3.06. The number of nitriles is 1. The zero-order chi connectivity index (χ0) is 17.4. The van der Waals surface area contributed by atoms with E-state index >= 15 is 0 Å². The molecule has 2 aromatic rings. The fourth-order valence-electron chi connectivity index (χ4n) is 2.00. The fourth-order valence-corrected chi connectivity index (χ4v) is 2.00. The summed E-state index contributed by atoms with van der Waals surface area (Å²) < 4.78 is 6.35. The van der Waals surface area contributed by atoms with E-state index in [2.05, 4.69) is 5.32 Å². The van der Waals surface area contributed by atoms with Gasteiger partial charge in [0.2, 0.25) is 0 Å². The highest BCUT2D eigenvalue weighted by Crippen LogP contribution is 2.08. The first-order valence-corrected chi connectivity index (χ1v) is 7.30. The van der Waals surface area contributed by atoms with E-state index in [0.29, 0.717) is 5.69 Å². The highest BCUT2D eigenvalue weighted by Gasteiger charge is 2.22. The number of hydrogen-bond acceptors (Lipinski definition) is 4. The van der Waals surface area contributed by atoms with Crippen molar-refractivity contribution in [3.05, 3.63) is 66.5 Å². The first-order chi connectivity index (χ1) is 11.7. The first-order valence-electron chi connectivity index (χ1n) is 7.30. The maximum Gasteiger partial charge on any atom is 0.344 e. The maximum atomic E-state index is 12.4. The average Bonchev–Trinajstić information content (AvgIpc) is 2.60. The summed E-state index contributed by atoms with van der Waals surface area (Å²) in [5.74, 6) is -0.958. The summed E-state index contributed by atoms with van der Waals surface area (Å²) in [6.45, 7) is 1.96. The van der Waals surface area contributed by atoms with Crippen LogP contribution in [0.5, 0.6) is 0 Å². The van der Waals surface area contributed by atoms with Crippen LogP contribution < -0.4 is 22.3 Å². The van der Waals surface area contributed by atoms with Crippen molar-refractivity contribution in [2.24, 2.45) is 0 Å². The molecule has 1 aromatic carbocycles. The van der Waals surface area contributed by atoms with Gasteiger partial charge in [0.05, 0.1) is 18.8 Å². The van der Waals surface area contributed by atoms with E-state index in [1.807, 2.05) is 12.1 Å². The minimum Gasteiger partial charge on any atom is -1.00 e. The third kappa shape index (κ3) is 5.44. The molecule has 25 heavy (non-hydrogen) atoms. The molecule has 0 aliphatic rings. The Bertz CT molecular complexity index is 814. The molecular formula is C18H16ClN3O3. The molecule has 0 aliphatic carbocycles. The SMILES string of the molecule is CCOC(=O)c1ccc[n+](/C(=C\C#N)C(=O)Nc2ccccc2)c1.[Cl-]. The minimum atomic E-state index is -0.494. The molecule has 0 saturated heterocycles. The van der Waals surface area contributed by atoms with Crippen molar-refractivity contribution in [2.75, 3.05) is 11.9 Å². The second-order valence-electron chi connectivity index (χ2n) is 4.70. The lowest BCUT2D eigenvalue weighted by molar-refractivity contribution is -0.577. The number of esters is 1. The predicted octanol–water partition coefficient (Wildman–Crippen LogP) is -0.842. The van der Waals surface area contributed by atoms with Gasteiger partial charge in [-0.25, -0.2) is 4.79 Å². The predicted molar refractivity (Wildman–Crippen MR) is 87.6 cm³/mol. The van der Waals surface area contributed by atoms with Crippen LogP contribution in [0, 0.1) is 11.3 Å². The van der Waals surface area contributed by atoms with E-state index in [-0.39, 0.29) is 30.3 Å². The molecule has 6 nitrogen and oxygen atoms in total. The van der Waals surface area contributed by atoms with Gasteiger partial charge in [0.25, 0.3) is 5.70 Å². The molecule has 1 N–H and O–H groups in total. The van der Waals surface area contributed by atoms with Crippen LogP contribution in [0.4, 0.5) is 5.69 Å². The maximum absolute atomic E-state index is 12.4. The number of ether oxygens (including phenoxy) is 1. The third-order valence-corrected chi connectivity index (χ3v) is 3.06. The van der Waals surface area contributed by atoms with Crippen molar-refractivity contribution in [3.8, 4) is 6.07 Å². The number of halogens is 1. The summed E-state index contributed by atoms with van der Waals surface area (Å²) in [6.07, 6.45) is 4.15. The molecule has 2 rings (SSSR count). The Kier molecular flexibility index (Phi) is 7.83. The van der Waals surface area contributed by atoms with Gasteiger partial charge in [0.1, 0.15) is 5.56 Å². The van der Waals surface area contributed by atoms with Crippen LogP contribution >= 0.6 is 0 Å². The van der Waals surface area contributed by atoms with Crippen LogP contribution in [0.2, 0.25) is 0 Å². The number of nitrogens with one attached hydrogen (secondary N) is 1. The van der Waals surface area contributed by atoms with Gasteiger partial charge in [0, 0.05) is 11.8 Å². The van der Waals surface area contributed by atoms with Crippen molar-refractivity contribution >= 4 is 23.3 Å². The standard InChI is InChI=1S/C18H15N3O3.ClH/c1-2-24-18(23)14-7-6-12-21(13-14)16(10-11-19)17(22)20-15-8-4-3-5-9-15;/h3-10,12-13H,2H2,1H3;1H/b16-10-;. The van der Waals surface area contributed by atoms with Crippen molar-refractivity contribution in [1.82, 2.24) is 0 Å². The van der Waals surface area contributed by atoms with Gasteiger partial charge < -0.3 is 22.5 Å². The van der Waals surface area contributed by atoms with E-state index in [1.54, 1.807) is 49.5 Å². The summed E-state index contributed by atoms with van der Waals surface area (Å²) in [5.41, 5.74) is 0.983. The van der Waals surface area contributed by atoms with Crippen molar-refractivity contribution in [2.45, 2.75) is 6.92 Å². The number of benzene rings is 1. The monoisotopic (exact) mass is 357 g/mol. The van der Waals surface area contributed by atoms with Gasteiger partial charge in [0.15, 0.2) is 12.4 Å². The molecule has 0 spiro atoms. The number of carbonyl (C=O) groups is 2. The van der Waals surface area contributed by atoms with E-state index in [0.717, 1.165) is 6.08 Å². The molecule has 0 bridgehead atoms. The summed E-state index contributed by atoms with van der Waals surface area (Å²) >= 11 is 0. The largest absolute Gasteiger partial charge is 1.00 e. The van der Waals surface area contributed by atoms with Gasteiger partial charge in [-0.1, -0.05) is 18.2 Å². The van der Waals surface area contributed by atoms with Crippen molar-refractivity contribution < 1.29 is 31.3 Å². The first kappa shape index (κ1) is 19.9. The number of hydrogen-bond donors (Lipinski definition) is 1. The number of allylic oxidation sites excluding steroid dienone is 1.